The van der Waals surface area contributed by atoms with Gasteiger partial charge in [-0.3, -0.25) is 4.79 Å². The highest BCUT2D eigenvalue weighted by atomic mass is 16.7. The van der Waals surface area contributed by atoms with E-state index in [-0.39, 0.29) is 20.0 Å². The second-order valence-corrected chi connectivity index (χ2v) is 3.48. The summed E-state index contributed by atoms with van der Waals surface area (Å²) in [6, 6.07) is 4.91. The quantitative estimate of drug-likeness (QED) is 0.706. The van der Waals surface area contributed by atoms with Crippen molar-refractivity contribution in [2.24, 2.45) is 0 Å². The zero-order valence-corrected chi connectivity index (χ0v) is 10.3. The maximum absolute atomic E-state index is 10.7. The minimum absolute atomic E-state index is 0.0836. The van der Waals surface area contributed by atoms with Gasteiger partial charge in [-0.1, -0.05) is 0 Å². The lowest BCUT2D eigenvalue weighted by Gasteiger charge is -2.10. The van der Waals surface area contributed by atoms with E-state index in [1.54, 1.807) is 18.2 Å². The van der Waals surface area contributed by atoms with Gasteiger partial charge >= 0.3 is 5.97 Å². The van der Waals surface area contributed by atoms with E-state index in [9.17, 15) is 4.79 Å². The molecule has 0 saturated heterocycles. The molecule has 1 N–H and O–H groups in total. The average Bonchev–Trinajstić information content (AvgIpc) is 2.33. The first-order valence-corrected chi connectivity index (χ1v) is 5.25. The Morgan fingerprint density at radius 3 is 1.94 bits per heavy atom. The lowest BCUT2D eigenvalue weighted by molar-refractivity contribution is -0.136. The largest absolute Gasteiger partial charge is 0.481 e. The van der Waals surface area contributed by atoms with Crippen molar-refractivity contribution in [2.45, 2.75) is 6.42 Å². The van der Waals surface area contributed by atoms with Gasteiger partial charge in [-0.2, -0.15) is 0 Å². The highest BCUT2D eigenvalue weighted by Crippen LogP contribution is 2.23. The Labute approximate surface area is 105 Å². The zero-order chi connectivity index (χ0) is 13.4. The summed E-state index contributed by atoms with van der Waals surface area (Å²) >= 11 is 0. The first-order valence-electron chi connectivity index (χ1n) is 5.25. The first kappa shape index (κ1) is 14.3. The van der Waals surface area contributed by atoms with Crippen LogP contribution in [0.2, 0.25) is 0 Å². The fourth-order valence-corrected chi connectivity index (χ4v) is 1.33. The Hall–Kier alpha value is -1.79. The predicted octanol–water partition coefficient (Wildman–Crippen LogP) is 1.28. The van der Waals surface area contributed by atoms with Gasteiger partial charge in [0.2, 0.25) is 0 Å². The van der Waals surface area contributed by atoms with Gasteiger partial charge in [0.1, 0.15) is 11.5 Å². The molecule has 0 radical (unpaired) electrons. The van der Waals surface area contributed by atoms with E-state index in [1.807, 2.05) is 0 Å². The molecule has 1 rings (SSSR count). The first-order chi connectivity index (χ1) is 8.65. The molecule has 1 aromatic carbocycles. The van der Waals surface area contributed by atoms with Gasteiger partial charge in [0.25, 0.3) is 0 Å². The number of hydrogen-bond donors (Lipinski definition) is 1. The Kier molecular flexibility index (Phi) is 5.96. The van der Waals surface area contributed by atoms with Gasteiger partial charge in [0.05, 0.1) is 6.42 Å². The summed E-state index contributed by atoms with van der Waals surface area (Å²) in [4.78, 5) is 10.7. The molecule has 100 valence electrons. The molecular weight excluding hydrogens is 240 g/mol. The summed E-state index contributed by atoms with van der Waals surface area (Å²) in [5, 5.41) is 8.77. The summed E-state index contributed by atoms with van der Waals surface area (Å²) < 4.78 is 20.1. The van der Waals surface area contributed by atoms with Crippen LogP contribution >= 0.6 is 0 Å². The third-order valence-electron chi connectivity index (χ3n) is 1.98. The van der Waals surface area contributed by atoms with Crippen molar-refractivity contribution in [3.05, 3.63) is 23.8 Å². The molecule has 0 aromatic heterocycles. The third-order valence-corrected chi connectivity index (χ3v) is 1.98. The van der Waals surface area contributed by atoms with Gasteiger partial charge in [0, 0.05) is 20.3 Å². The number of aliphatic carboxylic acids is 1. The normalized spacial score (nSPS) is 10.1. The summed E-state index contributed by atoms with van der Waals surface area (Å²) in [7, 11) is 3.01. The molecule has 0 heterocycles. The summed E-state index contributed by atoms with van der Waals surface area (Å²) in [5.74, 6) is 0.0555. The van der Waals surface area contributed by atoms with Crippen LogP contribution in [0.15, 0.2) is 18.2 Å². The lowest BCUT2D eigenvalue weighted by Crippen LogP contribution is -2.05. The van der Waals surface area contributed by atoms with Crippen LogP contribution in [0.1, 0.15) is 5.56 Å². The number of ether oxygens (including phenoxy) is 4. The SMILES string of the molecule is COCOc1cc(CC(=O)O)cc(OCOC)c1. The number of carboxylic acids is 1. The van der Waals surface area contributed by atoms with Crippen LogP contribution in [0.4, 0.5) is 0 Å². The minimum Gasteiger partial charge on any atom is -0.481 e. The number of hydrogen-bond acceptors (Lipinski definition) is 5. The number of carboxylic acid groups (broad SMARTS) is 1. The van der Waals surface area contributed by atoms with Crippen molar-refractivity contribution < 1.29 is 28.8 Å². The van der Waals surface area contributed by atoms with Crippen molar-refractivity contribution in [3.8, 4) is 11.5 Å². The van der Waals surface area contributed by atoms with E-state index in [2.05, 4.69) is 0 Å². The van der Waals surface area contributed by atoms with Crippen molar-refractivity contribution in [1.82, 2.24) is 0 Å². The molecular formula is C12H16O6. The van der Waals surface area contributed by atoms with Gasteiger partial charge < -0.3 is 24.1 Å². The van der Waals surface area contributed by atoms with Crippen molar-refractivity contribution in [2.75, 3.05) is 27.8 Å². The molecule has 18 heavy (non-hydrogen) atoms. The second kappa shape index (κ2) is 7.52. The molecule has 0 aliphatic heterocycles. The van der Waals surface area contributed by atoms with Crippen LogP contribution < -0.4 is 9.47 Å². The fraction of sp³-hybridized carbons (Fsp3) is 0.417. The van der Waals surface area contributed by atoms with Crippen LogP contribution in [-0.2, 0) is 20.7 Å². The summed E-state index contributed by atoms with van der Waals surface area (Å²) in [6.45, 7) is 0.167. The Balaban J connectivity index is 2.84. The molecule has 0 aliphatic rings. The van der Waals surface area contributed by atoms with Crippen molar-refractivity contribution in [1.29, 1.82) is 0 Å². The molecule has 1 aromatic rings. The van der Waals surface area contributed by atoms with Gasteiger partial charge in [-0.15, -0.1) is 0 Å². The zero-order valence-electron chi connectivity index (χ0n) is 10.3. The molecule has 0 bridgehead atoms. The standard InChI is InChI=1S/C12H16O6/c1-15-7-17-10-3-9(5-12(13)14)4-11(6-10)18-8-16-2/h3-4,6H,5,7-8H2,1-2H3,(H,13,14). The van der Waals surface area contributed by atoms with Crippen molar-refractivity contribution >= 4 is 5.97 Å². The molecule has 0 saturated carbocycles. The second-order valence-electron chi connectivity index (χ2n) is 3.48. The molecule has 0 fully saturated rings. The Morgan fingerprint density at radius 2 is 1.56 bits per heavy atom. The molecule has 6 heteroatoms. The van der Waals surface area contributed by atoms with Gasteiger partial charge in [-0.05, 0) is 17.7 Å². The van der Waals surface area contributed by atoms with Gasteiger partial charge in [-0.25, -0.2) is 0 Å². The molecule has 0 amide bonds. The highest BCUT2D eigenvalue weighted by molar-refractivity contribution is 5.70. The third kappa shape index (κ3) is 5.03. The van der Waals surface area contributed by atoms with Crippen LogP contribution in [-0.4, -0.2) is 38.9 Å². The Bertz CT molecular complexity index is 364. The molecule has 0 unspecified atom stereocenters. The van der Waals surface area contributed by atoms with Crippen LogP contribution in [0.25, 0.3) is 0 Å². The topological polar surface area (TPSA) is 74.2 Å². The van der Waals surface area contributed by atoms with E-state index < -0.39 is 5.97 Å². The number of carbonyl (C=O) groups is 1. The molecule has 0 aliphatic carbocycles. The Morgan fingerprint density at radius 1 is 1.06 bits per heavy atom. The summed E-state index contributed by atoms with van der Waals surface area (Å²) in [6.07, 6.45) is -0.104. The van der Waals surface area contributed by atoms with Gasteiger partial charge in [0.15, 0.2) is 13.6 Å². The van der Waals surface area contributed by atoms with Crippen LogP contribution in [0.5, 0.6) is 11.5 Å². The fourth-order valence-electron chi connectivity index (χ4n) is 1.33. The van der Waals surface area contributed by atoms with E-state index in [0.29, 0.717) is 17.1 Å². The van der Waals surface area contributed by atoms with E-state index in [0.717, 1.165) is 0 Å². The lowest BCUT2D eigenvalue weighted by atomic mass is 10.1. The molecule has 0 atom stereocenters. The van der Waals surface area contributed by atoms with Crippen LogP contribution in [0.3, 0.4) is 0 Å². The monoisotopic (exact) mass is 256 g/mol. The summed E-state index contributed by atoms with van der Waals surface area (Å²) in [5.41, 5.74) is 0.585. The highest BCUT2D eigenvalue weighted by Gasteiger charge is 2.07. The average molecular weight is 256 g/mol. The van der Waals surface area contributed by atoms with E-state index in [1.165, 1.54) is 14.2 Å². The predicted molar refractivity (Wildman–Crippen MR) is 62.8 cm³/mol. The minimum atomic E-state index is -0.920. The maximum Gasteiger partial charge on any atom is 0.307 e. The molecule has 0 spiro atoms. The smallest absolute Gasteiger partial charge is 0.307 e. The number of benzene rings is 1. The molecule has 6 nitrogen and oxygen atoms in total. The van der Waals surface area contributed by atoms with Crippen molar-refractivity contribution in [3.63, 3.8) is 0 Å². The van der Waals surface area contributed by atoms with Crippen LogP contribution in [0, 0.1) is 0 Å². The maximum atomic E-state index is 10.7. The van der Waals surface area contributed by atoms with E-state index >= 15 is 0 Å². The number of rotatable bonds is 8. The van der Waals surface area contributed by atoms with E-state index in [4.69, 9.17) is 24.1 Å². The number of methoxy groups -OCH3 is 2.